The number of carbonyl (C=O) groups is 1. The Morgan fingerprint density at radius 1 is 1.04 bits per heavy atom. The molecule has 1 aliphatic rings. The van der Waals surface area contributed by atoms with Gasteiger partial charge in [0.2, 0.25) is 0 Å². The summed E-state index contributed by atoms with van der Waals surface area (Å²) in [7, 11) is 3.28. The van der Waals surface area contributed by atoms with Gasteiger partial charge in [0.05, 0.1) is 14.2 Å². The van der Waals surface area contributed by atoms with Crippen molar-refractivity contribution in [2.75, 3.05) is 32.6 Å². The van der Waals surface area contributed by atoms with Crippen molar-refractivity contribution in [3.8, 4) is 11.5 Å². The van der Waals surface area contributed by atoms with Crippen molar-refractivity contribution >= 4 is 22.6 Å². The number of likely N-dealkylation sites (tertiary alicyclic amines) is 1. The largest absolute Gasteiger partial charge is 0.497 e. The number of piperidine rings is 1. The third kappa shape index (κ3) is 3.71. The van der Waals surface area contributed by atoms with Crippen molar-refractivity contribution in [1.29, 1.82) is 0 Å². The molecule has 2 aromatic carbocycles. The predicted molar refractivity (Wildman–Crippen MR) is 106 cm³/mol. The first-order valence-electron chi connectivity index (χ1n) is 9.25. The zero-order valence-electron chi connectivity index (χ0n) is 15.9. The van der Waals surface area contributed by atoms with E-state index in [1.807, 2.05) is 29.2 Å². The molecule has 146 valence electrons. The molecule has 2 heterocycles. The van der Waals surface area contributed by atoms with Crippen LogP contribution in [0.2, 0.25) is 0 Å². The minimum atomic E-state index is 0.0337. The van der Waals surface area contributed by atoms with E-state index in [9.17, 15) is 4.79 Å². The number of benzene rings is 2. The molecular formula is C20H23N5O3. The molecule has 0 spiro atoms. The molecule has 0 unspecified atom stereocenters. The highest BCUT2D eigenvalue weighted by Gasteiger charge is 2.24. The number of ether oxygens (including phenoxy) is 2. The molecule has 0 atom stereocenters. The summed E-state index contributed by atoms with van der Waals surface area (Å²) in [6, 6.07) is 11.4. The Labute approximate surface area is 162 Å². The summed E-state index contributed by atoms with van der Waals surface area (Å²) in [4.78, 5) is 14.7. The van der Waals surface area contributed by atoms with Gasteiger partial charge in [-0.25, -0.2) is 0 Å². The Kier molecular flexibility index (Phi) is 5.01. The Morgan fingerprint density at radius 2 is 1.71 bits per heavy atom. The topological polar surface area (TPSA) is 92.4 Å². The van der Waals surface area contributed by atoms with Crippen LogP contribution in [0.5, 0.6) is 11.5 Å². The van der Waals surface area contributed by atoms with Crippen molar-refractivity contribution < 1.29 is 14.3 Å². The molecular weight excluding hydrogens is 358 g/mol. The number of fused-ring (bicyclic) bond motifs is 1. The summed E-state index contributed by atoms with van der Waals surface area (Å²) in [5.41, 5.74) is 3.06. The zero-order valence-corrected chi connectivity index (χ0v) is 15.9. The second-order valence-electron chi connectivity index (χ2n) is 6.84. The summed E-state index contributed by atoms with van der Waals surface area (Å²) in [6.07, 6.45) is 1.74. The molecule has 0 radical (unpaired) electrons. The van der Waals surface area contributed by atoms with E-state index in [-0.39, 0.29) is 5.91 Å². The Balaban J connectivity index is 1.38. The van der Waals surface area contributed by atoms with Gasteiger partial charge in [0.1, 0.15) is 22.5 Å². The van der Waals surface area contributed by atoms with Crippen molar-refractivity contribution in [2.45, 2.75) is 18.9 Å². The maximum atomic E-state index is 12.8. The van der Waals surface area contributed by atoms with Gasteiger partial charge >= 0.3 is 0 Å². The van der Waals surface area contributed by atoms with Gasteiger partial charge in [0.15, 0.2) is 0 Å². The number of nitrogens with one attached hydrogen (secondary N) is 2. The lowest BCUT2D eigenvalue weighted by atomic mass is 10.0. The lowest BCUT2D eigenvalue weighted by Gasteiger charge is -2.33. The second kappa shape index (κ2) is 7.75. The molecule has 0 aliphatic carbocycles. The normalized spacial score (nSPS) is 14.9. The fourth-order valence-corrected chi connectivity index (χ4v) is 3.51. The molecule has 1 aliphatic heterocycles. The molecule has 8 heteroatoms. The predicted octanol–water partition coefficient (Wildman–Crippen LogP) is 2.69. The average Bonchev–Trinajstić information content (AvgIpc) is 3.21. The minimum Gasteiger partial charge on any atom is -0.497 e. The fraction of sp³-hybridized carbons (Fsp3) is 0.350. The lowest BCUT2D eigenvalue weighted by molar-refractivity contribution is 0.0718. The molecule has 4 rings (SSSR count). The number of hydrogen-bond donors (Lipinski definition) is 2. The Morgan fingerprint density at radius 3 is 2.39 bits per heavy atom. The monoisotopic (exact) mass is 381 g/mol. The van der Waals surface area contributed by atoms with Crippen molar-refractivity contribution in [3.63, 3.8) is 0 Å². The van der Waals surface area contributed by atoms with Gasteiger partial charge < -0.3 is 19.7 Å². The van der Waals surface area contributed by atoms with Gasteiger partial charge in [0.25, 0.3) is 5.91 Å². The van der Waals surface area contributed by atoms with Gasteiger partial charge in [-0.05, 0) is 31.0 Å². The van der Waals surface area contributed by atoms with Crippen LogP contribution in [0.3, 0.4) is 0 Å². The number of hydrogen-bond acceptors (Lipinski definition) is 6. The third-order valence-corrected chi connectivity index (χ3v) is 5.07. The molecule has 8 nitrogen and oxygen atoms in total. The van der Waals surface area contributed by atoms with Gasteiger partial charge in [-0.1, -0.05) is 0 Å². The third-order valence-electron chi connectivity index (χ3n) is 5.07. The summed E-state index contributed by atoms with van der Waals surface area (Å²) < 4.78 is 10.6. The van der Waals surface area contributed by atoms with Gasteiger partial charge in [-0.15, -0.1) is 0 Å². The van der Waals surface area contributed by atoms with Gasteiger partial charge in [-0.2, -0.15) is 15.4 Å². The highest BCUT2D eigenvalue weighted by molar-refractivity contribution is 5.97. The van der Waals surface area contributed by atoms with Crippen LogP contribution < -0.4 is 14.8 Å². The van der Waals surface area contributed by atoms with Crippen LogP contribution >= 0.6 is 0 Å². The van der Waals surface area contributed by atoms with Crippen LogP contribution in [0.15, 0.2) is 36.4 Å². The molecule has 2 N–H and O–H groups in total. The molecule has 3 aromatic rings. The van der Waals surface area contributed by atoms with E-state index in [4.69, 9.17) is 9.47 Å². The van der Waals surface area contributed by atoms with Crippen molar-refractivity contribution in [1.82, 2.24) is 20.3 Å². The molecule has 0 bridgehead atoms. The number of amides is 1. The van der Waals surface area contributed by atoms with E-state index >= 15 is 0 Å². The van der Waals surface area contributed by atoms with Crippen LogP contribution in [0.4, 0.5) is 5.69 Å². The van der Waals surface area contributed by atoms with E-state index in [1.165, 1.54) is 0 Å². The van der Waals surface area contributed by atoms with E-state index < -0.39 is 0 Å². The number of H-pyrrole nitrogens is 1. The standard InChI is InChI=1S/C20H23N5O3/c1-27-16-10-15(11-17(12-16)28-2)21-14-5-7-25(8-6-14)20(26)13-3-4-18-19(9-13)23-24-22-18/h3-4,9-12,14,21H,5-8H2,1-2H3,(H,22,23,24). The molecule has 1 saturated heterocycles. The van der Waals surface area contributed by atoms with E-state index in [2.05, 4.69) is 20.7 Å². The van der Waals surface area contributed by atoms with Crippen LogP contribution in [-0.4, -0.2) is 59.6 Å². The van der Waals surface area contributed by atoms with E-state index in [1.54, 1.807) is 26.4 Å². The summed E-state index contributed by atoms with van der Waals surface area (Å²) in [5.74, 6) is 1.53. The summed E-state index contributed by atoms with van der Waals surface area (Å²) in [5, 5.41) is 14.2. The smallest absolute Gasteiger partial charge is 0.253 e. The van der Waals surface area contributed by atoms with Crippen LogP contribution in [0.25, 0.3) is 11.0 Å². The average molecular weight is 381 g/mol. The number of carbonyl (C=O) groups excluding carboxylic acids is 1. The van der Waals surface area contributed by atoms with Gasteiger partial charge in [-0.3, -0.25) is 4.79 Å². The highest BCUT2D eigenvalue weighted by Crippen LogP contribution is 2.27. The zero-order chi connectivity index (χ0) is 19.5. The molecule has 1 fully saturated rings. The first kappa shape index (κ1) is 18.1. The molecule has 0 saturated carbocycles. The Bertz CT molecular complexity index is 957. The number of methoxy groups -OCH3 is 2. The molecule has 28 heavy (non-hydrogen) atoms. The number of aromatic amines is 1. The number of aromatic nitrogens is 3. The molecule has 1 aromatic heterocycles. The van der Waals surface area contributed by atoms with Crippen LogP contribution in [0, 0.1) is 0 Å². The maximum absolute atomic E-state index is 12.8. The molecule has 1 amide bonds. The van der Waals surface area contributed by atoms with E-state index in [0.717, 1.165) is 35.5 Å². The first-order chi connectivity index (χ1) is 13.7. The lowest BCUT2D eigenvalue weighted by Crippen LogP contribution is -2.42. The number of anilines is 1. The van der Waals surface area contributed by atoms with Crippen LogP contribution in [0.1, 0.15) is 23.2 Å². The second-order valence-corrected chi connectivity index (χ2v) is 6.84. The van der Waals surface area contributed by atoms with Crippen molar-refractivity contribution in [3.05, 3.63) is 42.0 Å². The van der Waals surface area contributed by atoms with Crippen molar-refractivity contribution in [2.24, 2.45) is 0 Å². The SMILES string of the molecule is COc1cc(NC2CCN(C(=O)c3ccc4n[nH]nc4c3)CC2)cc(OC)c1. The Hall–Kier alpha value is -3.29. The van der Waals surface area contributed by atoms with E-state index in [0.29, 0.717) is 30.2 Å². The number of rotatable bonds is 5. The fourth-order valence-electron chi connectivity index (χ4n) is 3.51. The number of nitrogens with zero attached hydrogens (tertiary/aromatic N) is 3. The quantitative estimate of drug-likeness (QED) is 0.706. The maximum Gasteiger partial charge on any atom is 0.253 e. The minimum absolute atomic E-state index is 0.0337. The van der Waals surface area contributed by atoms with Gasteiger partial charge in [0, 0.05) is 48.6 Å². The highest BCUT2D eigenvalue weighted by atomic mass is 16.5. The summed E-state index contributed by atoms with van der Waals surface area (Å²) in [6.45, 7) is 1.41. The van der Waals surface area contributed by atoms with Crippen LogP contribution in [-0.2, 0) is 0 Å². The first-order valence-corrected chi connectivity index (χ1v) is 9.25. The summed E-state index contributed by atoms with van der Waals surface area (Å²) >= 11 is 0.